The minimum atomic E-state index is -0.291. The van der Waals surface area contributed by atoms with Crippen LogP contribution in [-0.2, 0) is 11.3 Å². The maximum absolute atomic E-state index is 13.0. The van der Waals surface area contributed by atoms with Gasteiger partial charge in [-0.25, -0.2) is 0 Å². The molecular formula is C24H26N2O4S. The summed E-state index contributed by atoms with van der Waals surface area (Å²) in [7, 11) is 3.25. The Morgan fingerprint density at radius 3 is 2.32 bits per heavy atom. The third kappa shape index (κ3) is 4.42. The molecule has 0 aliphatic carbocycles. The molecule has 2 heterocycles. The highest BCUT2D eigenvalue weighted by Gasteiger charge is 2.35. The molecule has 2 aliphatic heterocycles. The van der Waals surface area contributed by atoms with Crippen molar-refractivity contribution < 1.29 is 19.1 Å². The van der Waals surface area contributed by atoms with Gasteiger partial charge in [-0.1, -0.05) is 29.8 Å². The van der Waals surface area contributed by atoms with Gasteiger partial charge in [0.1, 0.15) is 11.5 Å². The van der Waals surface area contributed by atoms with Crippen LogP contribution in [0.15, 0.2) is 41.3 Å². The van der Waals surface area contributed by atoms with Gasteiger partial charge in [0, 0.05) is 24.7 Å². The topological polar surface area (TPSA) is 59.1 Å². The fourth-order valence-corrected chi connectivity index (χ4v) is 4.71. The average Bonchev–Trinajstić information content (AvgIpc) is 3.39. The van der Waals surface area contributed by atoms with Crippen LogP contribution in [0, 0.1) is 6.92 Å². The van der Waals surface area contributed by atoms with Gasteiger partial charge in [-0.3, -0.25) is 14.5 Å². The number of methoxy groups -OCH3 is 2. The molecule has 4 rings (SSSR count). The van der Waals surface area contributed by atoms with E-state index in [1.54, 1.807) is 20.3 Å². The highest BCUT2D eigenvalue weighted by atomic mass is 32.2. The van der Waals surface area contributed by atoms with Crippen LogP contribution in [0.1, 0.15) is 29.5 Å². The number of rotatable bonds is 6. The Morgan fingerprint density at radius 1 is 1.00 bits per heavy atom. The Morgan fingerprint density at radius 2 is 1.68 bits per heavy atom. The molecule has 2 aromatic carbocycles. The molecule has 2 saturated heterocycles. The Bertz CT molecular complexity index is 1030. The van der Waals surface area contributed by atoms with Crippen molar-refractivity contribution in [1.82, 2.24) is 4.90 Å². The summed E-state index contributed by atoms with van der Waals surface area (Å²) in [5.41, 5.74) is 3.75. The SMILES string of the molecule is COc1cc(N2CCCC2)c(OC)cc1C=C1SC(=O)N(Cc2ccc(C)cc2)C1=O. The van der Waals surface area contributed by atoms with Crippen LogP contribution in [0.5, 0.6) is 11.5 Å². The molecule has 2 aromatic rings. The molecule has 0 atom stereocenters. The second-order valence-electron chi connectivity index (χ2n) is 7.71. The first-order valence-corrected chi connectivity index (χ1v) is 11.1. The molecule has 2 aliphatic rings. The Kier molecular flexibility index (Phi) is 6.23. The van der Waals surface area contributed by atoms with Crippen molar-refractivity contribution >= 4 is 34.7 Å². The maximum Gasteiger partial charge on any atom is 0.293 e. The van der Waals surface area contributed by atoms with E-state index in [2.05, 4.69) is 4.90 Å². The molecule has 0 N–H and O–H groups in total. The van der Waals surface area contributed by atoms with Crippen molar-refractivity contribution in [3.8, 4) is 11.5 Å². The van der Waals surface area contributed by atoms with E-state index in [1.807, 2.05) is 43.3 Å². The standard InChI is InChI=1S/C24H26N2O4S/c1-16-6-8-17(9-7-16)15-26-23(27)22(31-24(26)28)13-18-12-21(30-3)19(14-20(18)29-2)25-10-4-5-11-25/h6-9,12-14H,4-5,10-11,15H2,1-3H3. The Hall–Kier alpha value is -2.93. The lowest BCUT2D eigenvalue weighted by Gasteiger charge is -2.22. The van der Waals surface area contributed by atoms with E-state index in [1.165, 1.54) is 4.90 Å². The molecule has 0 bridgehead atoms. The number of ether oxygens (including phenoxy) is 2. The van der Waals surface area contributed by atoms with Crippen LogP contribution in [0.25, 0.3) is 6.08 Å². The van der Waals surface area contributed by atoms with Gasteiger partial charge in [-0.2, -0.15) is 0 Å². The first-order valence-electron chi connectivity index (χ1n) is 10.3. The molecular weight excluding hydrogens is 412 g/mol. The zero-order valence-electron chi connectivity index (χ0n) is 18.0. The Balaban J connectivity index is 1.62. The summed E-state index contributed by atoms with van der Waals surface area (Å²) < 4.78 is 11.2. The van der Waals surface area contributed by atoms with Crippen molar-refractivity contribution in [3.63, 3.8) is 0 Å². The van der Waals surface area contributed by atoms with Crippen LogP contribution in [0.4, 0.5) is 10.5 Å². The van der Waals surface area contributed by atoms with Gasteiger partial charge in [0.15, 0.2) is 0 Å². The lowest BCUT2D eigenvalue weighted by Crippen LogP contribution is -2.27. The third-order valence-electron chi connectivity index (χ3n) is 5.60. The molecule has 0 saturated carbocycles. The van der Waals surface area contributed by atoms with E-state index in [9.17, 15) is 9.59 Å². The van der Waals surface area contributed by atoms with Gasteiger partial charge < -0.3 is 14.4 Å². The summed E-state index contributed by atoms with van der Waals surface area (Å²) in [6, 6.07) is 11.7. The van der Waals surface area contributed by atoms with Crippen LogP contribution >= 0.6 is 11.8 Å². The number of aryl methyl sites for hydroxylation is 1. The number of benzene rings is 2. The molecule has 0 spiro atoms. The number of amides is 2. The van der Waals surface area contributed by atoms with Crippen molar-refractivity contribution in [1.29, 1.82) is 0 Å². The van der Waals surface area contributed by atoms with Gasteiger partial charge in [0.2, 0.25) is 0 Å². The number of hydrogen-bond donors (Lipinski definition) is 0. The molecule has 31 heavy (non-hydrogen) atoms. The number of nitrogens with zero attached hydrogens (tertiary/aromatic N) is 2. The van der Waals surface area contributed by atoms with Crippen molar-refractivity contribution in [2.24, 2.45) is 0 Å². The highest BCUT2D eigenvalue weighted by Crippen LogP contribution is 2.40. The minimum absolute atomic E-state index is 0.261. The number of hydrogen-bond acceptors (Lipinski definition) is 6. The molecule has 6 nitrogen and oxygen atoms in total. The molecule has 0 unspecified atom stereocenters. The zero-order chi connectivity index (χ0) is 22.0. The number of anilines is 1. The van der Waals surface area contributed by atoms with Crippen LogP contribution in [0.3, 0.4) is 0 Å². The largest absolute Gasteiger partial charge is 0.496 e. The van der Waals surface area contributed by atoms with Gasteiger partial charge in [-0.05, 0) is 49.2 Å². The quantitative estimate of drug-likeness (QED) is 0.601. The summed E-state index contributed by atoms with van der Waals surface area (Å²) in [4.78, 5) is 29.4. The van der Waals surface area contributed by atoms with Gasteiger partial charge in [-0.15, -0.1) is 0 Å². The minimum Gasteiger partial charge on any atom is -0.496 e. The second kappa shape index (κ2) is 9.06. The lowest BCUT2D eigenvalue weighted by molar-refractivity contribution is -0.123. The predicted octanol–water partition coefficient (Wildman–Crippen LogP) is 4.85. The van der Waals surface area contributed by atoms with Crippen LogP contribution in [-0.4, -0.2) is 43.4 Å². The number of carbonyl (C=O) groups is 2. The summed E-state index contributed by atoms with van der Waals surface area (Å²) >= 11 is 0.953. The van der Waals surface area contributed by atoms with E-state index in [0.717, 1.165) is 60.3 Å². The monoisotopic (exact) mass is 438 g/mol. The predicted molar refractivity (Wildman–Crippen MR) is 124 cm³/mol. The zero-order valence-corrected chi connectivity index (χ0v) is 18.8. The number of thioether (sulfide) groups is 1. The normalized spacial score (nSPS) is 17.7. The summed E-state index contributed by atoms with van der Waals surface area (Å²) in [5.74, 6) is 1.08. The fourth-order valence-electron chi connectivity index (χ4n) is 3.88. The lowest BCUT2D eigenvalue weighted by atomic mass is 10.1. The van der Waals surface area contributed by atoms with Gasteiger partial charge >= 0.3 is 0 Å². The smallest absolute Gasteiger partial charge is 0.293 e. The van der Waals surface area contributed by atoms with Gasteiger partial charge in [0.05, 0.1) is 31.4 Å². The second-order valence-corrected chi connectivity index (χ2v) is 8.71. The van der Waals surface area contributed by atoms with Crippen molar-refractivity contribution in [2.45, 2.75) is 26.3 Å². The van der Waals surface area contributed by atoms with Crippen molar-refractivity contribution in [2.75, 3.05) is 32.2 Å². The van der Waals surface area contributed by atoms with Crippen LogP contribution < -0.4 is 14.4 Å². The Labute approximate surface area is 186 Å². The van der Waals surface area contributed by atoms with Crippen molar-refractivity contribution in [3.05, 3.63) is 58.0 Å². The molecule has 162 valence electrons. The summed E-state index contributed by atoms with van der Waals surface area (Å²) in [6.45, 7) is 4.23. The maximum atomic E-state index is 13.0. The molecule has 0 aromatic heterocycles. The highest BCUT2D eigenvalue weighted by molar-refractivity contribution is 8.18. The van der Waals surface area contributed by atoms with Crippen LogP contribution in [0.2, 0.25) is 0 Å². The molecule has 0 radical (unpaired) electrons. The average molecular weight is 439 g/mol. The number of imide groups is 1. The molecule has 7 heteroatoms. The first kappa shape index (κ1) is 21.3. The first-order chi connectivity index (χ1) is 15.0. The fraction of sp³-hybridized carbons (Fsp3) is 0.333. The summed E-state index contributed by atoms with van der Waals surface area (Å²) in [5, 5.41) is -0.267. The van der Waals surface area contributed by atoms with E-state index in [0.29, 0.717) is 16.2 Å². The van der Waals surface area contributed by atoms with Gasteiger partial charge in [0.25, 0.3) is 11.1 Å². The molecule has 2 amide bonds. The molecule has 2 fully saturated rings. The number of carbonyl (C=O) groups excluding carboxylic acids is 2. The van der Waals surface area contributed by atoms with E-state index in [4.69, 9.17) is 9.47 Å². The van der Waals surface area contributed by atoms with E-state index >= 15 is 0 Å². The summed E-state index contributed by atoms with van der Waals surface area (Å²) in [6.07, 6.45) is 4.03. The van der Waals surface area contributed by atoms with E-state index in [-0.39, 0.29) is 17.7 Å². The van der Waals surface area contributed by atoms with E-state index < -0.39 is 0 Å². The third-order valence-corrected chi connectivity index (χ3v) is 6.51.